The molecule has 0 aliphatic carbocycles. The Bertz CT molecular complexity index is 322. The van der Waals surface area contributed by atoms with Gasteiger partial charge in [-0.05, 0) is 56.8 Å². The Labute approximate surface area is 124 Å². The molecule has 0 aromatic carbocycles. The van der Waals surface area contributed by atoms with Crippen LogP contribution in [-0.4, -0.2) is 24.0 Å². The fraction of sp³-hybridized carbons (Fsp3) is 0.941. The van der Waals surface area contributed by atoms with Crippen LogP contribution in [-0.2, 0) is 4.79 Å². The summed E-state index contributed by atoms with van der Waals surface area (Å²) >= 11 is 0. The maximum Gasteiger partial charge on any atom is 0.220 e. The van der Waals surface area contributed by atoms with Gasteiger partial charge in [0.1, 0.15) is 0 Å². The molecule has 2 aliphatic rings. The number of piperidine rings is 1. The van der Waals surface area contributed by atoms with Crippen LogP contribution in [0.25, 0.3) is 0 Å². The molecule has 20 heavy (non-hydrogen) atoms. The van der Waals surface area contributed by atoms with Gasteiger partial charge in [-0.25, -0.2) is 0 Å². The lowest BCUT2D eigenvalue weighted by molar-refractivity contribution is -0.123. The number of hydrogen-bond donors (Lipinski definition) is 2. The normalized spacial score (nSPS) is 31.1. The van der Waals surface area contributed by atoms with E-state index < -0.39 is 0 Å². The number of carbonyl (C=O) groups is 1. The second-order valence-electron chi connectivity index (χ2n) is 8.25. The van der Waals surface area contributed by atoms with E-state index >= 15 is 0 Å². The lowest BCUT2D eigenvalue weighted by atomic mass is 9.88. The largest absolute Gasteiger partial charge is 0.354 e. The van der Waals surface area contributed by atoms with Gasteiger partial charge in [0, 0.05) is 24.5 Å². The smallest absolute Gasteiger partial charge is 0.220 e. The summed E-state index contributed by atoms with van der Waals surface area (Å²) in [6, 6.07) is 1.68. The van der Waals surface area contributed by atoms with Gasteiger partial charge in [0.05, 0.1) is 0 Å². The maximum atomic E-state index is 12.1. The van der Waals surface area contributed by atoms with Gasteiger partial charge >= 0.3 is 0 Å². The Balaban J connectivity index is 1.67. The fourth-order valence-corrected chi connectivity index (χ4v) is 3.66. The van der Waals surface area contributed by atoms with Crippen LogP contribution in [0.4, 0.5) is 0 Å². The molecule has 2 N–H and O–H groups in total. The summed E-state index contributed by atoms with van der Waals surface area (Å²) < 4.78 is 0. The van der Waals surface area contributed by atoms with Crippen molar-refractivity contribution >= 4 is 5.91 Å². The van der Waals surface area contributed by atoms with E-state index in [4.69, 9.17) is 0 Å². The first-order chi connectivity index (χ1) is 9.32. The average molecular weight is 280 g/mol. The number of rotatable bonds is 5. The van der Waals surface area contributed by atoms with Crippen molar-refractivity contribution in [2.24, 2.45) is 11.3 Å². The minimum absolute atomic E-state index is 0.262. The van der Waals surface area contributed by atoms with E-state index in [0.717, 1.165) is 19.3 Å². The Kier molecular flexibility index (Phi) is 5.11. The van der Waals surface area contributed by atoms with Gasteiger partial charge in [-0.1, -0.05) is 20.8 Å². The lowest BCUT2D eigenvalue weighted by Gasteiger charge is -2.29. The molecule has 116 valence electrons. The molecule has 3 unspecified atom stereocenters. The van der Waals surface area contributed by atoms with Gasteiger partial charge in [0.15, 0.2) is 0 Å². The van der Waals surface area contributed by atoms with Crippen molar-refractivity contribution in [3.05, 3.63) is 0 Å². The monoisotopic (exact) mass is 280 g/mol. The predicted molar refractivity (Wildman–Crippen MR) is 83.6 cm³/mol. The predicted octanol–water partition coefficient (Wildman–Crippen LogP) is 3.24. The van der Waals surface area contributed by atoms with E-state index in [9.17, 15) is 4.79 Å². The number of fused-ring (bicyclic) bond motifs is 2. The molecule has 3 nitrogen and oxygen atoms in total. The van der Waals surface area contributed by atoms with Gasteiger partial charge in [-0.15, -0.1) is 0 Å². The zero-order valence-electron chi connectivity index (χ0n) is 13.7. The lowest BCUT2D eigenvalue weighted by Crippen LogP contribution is -2.41. The minimum Gasteiger partial charge on any atom is -0.354 e. The van der Waals surface area contributed by atoms with E-state index in [2.05, 4.69) is 38.3 Å². The summed E-state index contributed by atoms with van der Waals surface area (Å²) in [7, 11) is 0. The number of carbonyl (C=O) groups excluding carboxylic acids is 1. The molecular weight excluding hydrogens is 248 g/mol. The Morgan fingerprint density at radius 3 is 2.40 bits per heavy atom. The summed E-state index contributed by atoms with van der Waals surface area (Å²) in [5.74, 6) is 0.862. The molecule has 2 fully saturated rings. The molecule has 2 bridgehead atoms. The molecule has 2 heterocycles. The molecule has 3 atom stereocenters. The first-order valence-corrected chi connectivity index (χ1v) is 8.37. The third kappa shape index (κ3) is 5.08. The Morgan fingerprint density at radius 2 is 1.85 bits per heavy atom. The SMILES string of the molecule is CC(CCC(C)(C)C)NC(=O)CC1CC2CCC(C1)N2. The standard InChI is InChI=1S/C17H32N2O/c1-12(7-8-17(2,3)4)18-16(20)11-13-9-14-5-6-15(10-13)19-14/h12-15,19H,5-11H2,1-4H3,(H,18,20). The van der Waals surface area contributed by atoms with Crippen LogP contribution in [0.5, 0.6) is 0 Å². The molecule has 2 saturated heterocycles. The molecule has 0 aromatic rings. The van der Waals surface area contributed by atoms with Crippen LogP contribution >= 0.6 is 0 Å². The van der Waals surface area contributed by atoms with E-state index in [1.165, 1.54) is 25.7 Å². The first-order valence-electron chi connectivity index (χ1n) is 8.37. The number of hydrogen-bond acceptors (Lipinski definition) is 2. The molecule has 2 rings (SSSR count). The molecule has 0 saturated carbocycles. The highest BCUT2D eigenvalue weighted by atomic mass is 16.1. The van der Waals surface area contributed by atoms with Crippen LogP contribution in [0, 0.1) is 11.3 Å². The summed E-state index contributed by atoms with van der Waals surface area (Å²) in [4.78, 5) is 12.1. The van der Waals surface area contributed by atoms with Gasteiger partial charge in [-0.3, -0.25) is 4.79 Å². The Hall–Kier alpha value is -0.570. The van der Waals surface area contributed by atoms with Crippen LogP contribution < -0.4 is 10.6 Å². The third-order valence-corrected chi connectivity index (χ3v) is 4.78. The summed E-state index contributed by atoms with van der Waals surface area (Å²) in [6.07, 6.45) is 7.98. The first kappa shape index (κ1) is 15.8. The van der Waals surface area contributed by atoms with Crippen LogP contribution in [0.15, 0.2) is 0 Å². The van der Waals surface area contributed by atoms with E-state index in [-0.39, 0.29) is 5.91 Å². The third-order valence-electron chi connectivity index (χ3n) is 4.78. The highest BCUT2D eigenvalue weighted by Crippen LogP contribution is 2.32. The van der Waals surface area contributed by atoms with E-state index in [1.807, 2.05) is 0 Å². The second kappa shape index (κ2) is 6.46. The highest BCUT2D eigenvalue weighted by Gasteiger charge is 2.34. The molecule has 2 aliphatic heterocycles. The van der Waals surface area contributed by atoms with E-state index in [1.54, 1.807) is 0 Å². The van der Waals surface area contributed by atoms with Crippen LogP contribution in [0.1, 0.15) is 72.6 Å². The molecule has 3 heteroatoms. The summed E-state index contributed by atoms with van der Waals surface area (Å²) in [6.45, 7) is 8.90. The summed E-state index contributed by atoms with van der Waals surface area (Å²) in [5, 5.41) is 6.83. The molecule has 0 radical (unpaired) electrons. The molecule has 0 aromatic heterocycles. The van der Waals surface area contributed by atoms with Gasteiger partial charge in [-0.2, -0.15) is 0 Å². The van der Waals surface area contributed by atoms with Crippen molar-refractivity contribution in [3.8, 4) is 0 Å². The quantitative estimate of drug-likeness (QED) is 0.812. The number of nitrogens with one attached hydrogen (secondary N) is 2. The van der Waals surface area contributed by atoms with Crippen molar-refractivity contribution in [1.82, 2.24) is 10.6 Å². The second-order valence-corrected chi connectivity index (χ2v) is 8.25. The van der Waals surface area contributed by atoms with Crippen molar-refractivity contribution < 1.29 is 4.79 Å². The van der Waals surface area contributed by atoms with Crippen LogP contribution in [0.3, 0.4) is 0 Å². The highest BCUT2D eigenvalue weighted by molar-refractivity contribution is 5.76. The van der Waals surface area contributed by atoms with Crippen LogP contribution in [0.2, 0.25) is 0 Å². The van der Waals surface area contributed by atoms with Gasteiger partial charge in [0.25, 0.3) is 0 Å². The molecule has 0 spiro atoms. The number of amides is 1. The zero-order chi connectivity index (χ0) is 14.8. The molecule has 1 amide bonds. The minimum atomic E-state index is 0.262. The Morgan fingerprint density at radius 1 is 1.25 bits per heavy atom. The van der Waals surface area contributed by atoms with Gasteiger partial charge < -0.3 is 10.6 Å². The van der Waals surface area contributed by atoms with E-state index in [0.29, 0.717) is 29.5 Å². The van der Waals surface area contributed by atoms with Crippen molar-refractivity contribution in [3.63, 3.8) is 0 Å². The zero-order valence-corrected chi connectivity index (χ0v) is 13.7. The van der Waals surface area contributed by atoms with Crippen molar-refractivity contribution in [1.29, 1.82) is 0 Å². The maximum absolute atomic E-state index is 12.1. The fourth-order valence-electron chi connectivity index (χ4n) is 3.66. The van der Waals surface area contributed by atoms with Gasteiger partial charge in [0.2, 0.25) is 5.91 Å². The van der Waals surface area contributed by atoms with Crippen molar-refractivity contribution in [2.45, 2.75) is 90.8 Å². The molecular formula is C17H32N2O. The van der Waals surface area contributed by atoms with Crippen molar-refractivity contribution in [2.75, 3.05) is 0 Å². The topological polar surface area (TPSA) is 41.1 Å². The summed E-state index contributed by atoms with van der Waals surface area (Å²) in [5.41, 5.74) is 0.354. The average Bonchev–Trinajstić information content (AvgIpc) is 2.65.